The summed E-state index contributed by atoms with van der Waals surface area (Å²) in [6.07, 6.45) is 5.91. The molecule has 1 amide bonds. The van der Waals surface area contributed by atoms with E-state index in [0.29, 0.717) is 19.3 Å². The van der Waals surface area contributed by atoms with E-state index in [0.717, 1.165) is 12.0 Å². The Bertz CT molecular complexity index is 633. The minimum Gasteiger partial charge on any atom is -0.458 e. The van der Waals surface area contributed by atoms with Gasteiger partial charge in [0.15, 0.2) is 0 Å². The lowest BCUT2D eigenvalue weighted by atomic mass is 10.1. The molecule has 5 heteroatoms. The number of likely N-dealkylation sites (tertiary alicyclic amines) is 1. The number of esters is 1. The summed E-state index contributed by atoms with van der Waals surface area (Å²) in [6.45, 7) is 5.55. The van der Waals surface area contributed by atoms with E-state index in [1.54, 1.807) is 11.0 Å². The van der Waals surface area contributed by atoms with Crippen molar-refractivity contribution in [2.45, 2.75) is 64.1 Å². The molecule has 1 aromatic rings. The average molecular weight is 359 g/mol. The molecule has 2 rings (SSSR count). The minimum absolute atomic E-state index is 0.0485. The molecule has 0 radical (unpaired) electrons. The van der Waals surface area contributed by atoms with Gasteiger partial charge in [-0.05, 0) is 58.1 Å². The Morgan fingerprint density at radius 1 is 1.23 bits per heavy atom. The second-order valence-electron chi connectivity index (χ2n) is 7.64. The van der Waals surface area contributed by atoms with Crippen LogP contribution in [0.1, 0.15) is 52.0 Å². The minimum atomic E-state index is -0.588. The molecule has 0 spiro atoms. The number of hydrogen-bond donors (Lipinski definition) is 1. The maximum Gasteiger partial charge on any atom is 0.329 e. The zero-order chi connectivity index (χ0) is 19.2. The van der Waals surface area contributed by atoms with Crippen LogP contribution >= 0.6 is 0 Å². The molecule has 1 aliphatic rings. The van der Waals surface area contributed by atoms with E-state index in [-0.39, 0.29) is 24.5 Å². The Labute approximate surface area is 155 Å². The fraction of sp³-hybridized carbons (Fsp3) is 0.524. The van der Waals surface area contributed by atoms with Gasteiger partial charge in [0, 0.05) is 18.7 Å². The van der Waals surface area contributed by atoms with Crippen LogP contribution in [0.2, 0.25) is 0 Å². The van der Waals surface area contributed by atoms with Crippen molar-refractivity contribution in [2.75, 3.05) is 6.61 Å². The lowest BCUT2D eigenvalue weighted by Gasteiger charge is -2.30. The van der Waals surface area contributed by atoms with Crippen molar-refractivity contribution in [3.63, 3.8) is 0 Å². The quantitative estimate of drug-likeness (QED) is 0.626. The number of ether oxygens (including phenoxy) is 1. The molecular formula is C21H29NO4. The Balaban J connectivity index is 2.16. The maximum atomic E-state index is 12.8. The summed E-state index contributed by atoms with van der Waals surface area (Å²) in [4.78, 5) is 27.1. The smallest absolute Gasteiger partial charge is 0.329 e. The first kappa shape index (κ1) is 20.2. The van der Waals surface area contributed by atoms with Crippen LogP contribution < -0.4 is 0 Å². The van der Waals surface area contributed by atoms with Gasteiger partial charge in [0.05, 0.1) is 0 Å². The molecule has 0 saturated carbocycles. The summed E-state index contributed by atoms with van der Waals surface area (Å²) < 4.78 is 5.51. The van der Waals surface area contributed by atoms with E-state index in [1.807, 2.05) is 51.1 Å². The van der Waals surface area contributed by atoms with Gasteiger partial charge in [0.1, 0.15) is 11.6 Å². The third-order valence-corrected chi connectivity index (χ3v) is 4.35. The predicted molar refractivity (Wildman–Crippen MR) is 101 cm³/mol. The highest BCUT2D eigenvalue weighted by Gasteiger charge is 2.41. The van der Waals surface area contributed by atoms with Gasteiger partial charge in [-0.1, -0.05) is 30.3 Å². The molecule has 1 fully saturated rings. The normalized spacial score (nSPS) is 20.5. The summed E-state index contributed by atoms with van der Waals surface area (Å²) in [7, 11) is 0. The highest BCUT2D eigenvalue weighted by molar-refractivity contribution is 5.95. The molecule has 1 heterocycles. The number of rotatable bonds is 6. The summed E-state index contributed by atoms with van der Waals surface area (Å²) in [5.41, 5.74) is 0.343. The average Bonchev–Trinajstić information content (AvgIpc) is 3.01. The van der Waals surface area contributed by atoms with Gasteiger partial charge in [0.25, 0.3) is 0 Å². The van der Waals surface area contributed by atoms with Crippen LogP contribution in [0.3, 0.4) is 0 Å². The zero-order valence-corrected chi connectivity index (χ0v) is 15.9. The molecule has 1 N–H and O–H groups in total. The first-order valence-electron chi connectivity index (χ1n) is 9.21. The topological polar surface area (TPSA) is 66.8 Å². The van der Waals surface area contributed by atoms with E-state index < -0.39 is 11.6 Å². The monoisotopic (exact) mass is 359 g/mol. The van der Waals surface area contributed by atoms with Gasteiger partial charge < -0.3 is 14.7 Å². The van der Waals surface area contributed by atoms with E-state index in [4.69, 9.17) is 9.84 Å². The van der Waals surface area contributed by atoms with E-state index in [1.165, 1.54) is 6.08 Å². The lowest BCUT2D eigenvalue weighted by Crippen LogP contribution is -2.46. The molecule has 0 aromatic heterocycles. The van der Waals surface area contributed by atoms with Gasteiger partial charge in [-0.2, -0.15) is 0 Å². The number of hydrogen-bond acceptors (Lipinski definition) is 4. The number of aliphatic hydroxyl groups is 1. The fourth-order valence-electron chi connectivity index (χ4n) is 3.25. The van der Waals surface area contributed by atoms with E-state index in [2.05, 4.69) is 0 Å². The summed E-state index contributed by atoms with van der Waals surface area (Å²) in [6, 6.07) is 8.97. The Morgan fingerprint density at radius 2 is 1.92 bits per heavy atom. The van der Waals surface area contributed by atoms with Crippen LogP contribution in [0.25, 0.3) is 6.08 Å². The van der Waals surface area contributed by atoms with Crippen molar-refractivity contribution >= 4 is 18.0 Å². The first-order valence-corrected chi connectivity index (χ1v) is 9.21. The van der Waals surface area contributed by atoms with Crippen LogP contribution in [-0.2, 0) is 14.3 Å². The van der Waals surface area contributed by atoms with Gasteiger partial charge >= 0.3 is 5.97 Å². The van der Waals surface area contributed by atoms with E-state index in [9.17, 15) is 9.59 Å². The summed E-state index contributed by atoms with van der Waals surface area (Å²) >= 11 is 0. The van der Waals surface area contributed by atoms with Crippen molar-refractivity contribution in [3.05, 3.63) is 42.0 Å². The van der Waals surface area contributed by atoms with Crippen LogP contribution in [0.5, 0.6) is 0 Å². The molecule has 1 saturated heterocycles. The highest BCUT2D eigenvalue weighted by Crippen LogP contribution is 2.29. The Kier molecular flexibility index (Phi) is 6.98. The molecule has 5 nitrogen and oxygen atoms in total. The number of amides is 1. The summed E-state index contributed by atoms with van der Waals surface area (Å²) in [5.74, 6) is -0.546. The highest BCUT2D eigenvalue weighted by atomic mass is 16.6. The van der Waals surface area contributed by atoms with Crippen molar-refractivity contribution < 1.29 is 19.4 Å². The van der Waals surface area contributed by atoms with Crippen molar-refractivity contribution in [1.82, 2.24) is 4.90 Å². The number of nitrogens with zero attached hydrogens (tertiary/aromatic N) is 1. The van der Waals surface area contributed by atoms with Gasteiger partial charge in [0.2, 0.25) is 5.91 Å². The molecule has 0 aliphatic carbocycles. The number of aliphatic hydroxyl groups excluding tert-OH is 1. The molecule has 142 valence electrons. The van der Waals surface area contributed by atoms with E-state index >= 15 is 0 Å². The molecule has 1 aromatic carbocycles. The van der Waals surface area contributed by atoms with Crippen molar-refractivity contribution in [2.24, 2.45) is 0 Å². The molecular weight excluding hydrogens is 330 g/mol. The Hall–Kier alpha value is -2.14. The second-order valence-corrected chi connectivity index (χ2v) is 7.64. The molecule has 2 atom stereocenters. The van der Waals surface area contributed by atoms with Crippen LogP contribution in [0, 0.1) is 0 Å². The SMILES string of the molecule is CC(C)(C)OC(=O)[C@@H]1CC[C@H](CCCO)N1C(=O)C=Cc1ccccc1. The van der Waals surface area contributed by atoms with Crippen LogP contribution in [-0.4, -0.2) is 46.2 Å². The van der Waals surface area contributed by atoms with Crippen LogP contribution in [0.15, 0.2) is 36.4 Å². The van der Waals surface area contributed by atoms with Gasteiger partial charge in [-0.15, -0.1) is 0 Å². The number of carbonyl (C=O) groups excluding carboxylic acids is 2. The zero-order valence-electron chi connectivity index (χ0n) is 15.9. The lowest BCUT2D eigenvalue weighted by molar-refractivity contribution is -0.163. The largest absolute Gasteiger partial charge is 0.458 e. The molecule has 0 unspecified atom stereocenters. The van der Waals surface area contributed by atoms with Gasteiger partial charge in [-0.3, -0.25) is 4.79 Å². The predicted octanol–water partition coefficient (Wildman–Crippen LogP) is 3.17. The standard InChI is InChI=1S/C21H29NO4/c1-21(2,3)26-20(25)18-13-12-17(10-7-15-23)22(18)19(24)14-11-16-8-5-4-6-9-16/h4-6,8-9,11,14,17-18,23H,7,10,12-13,15H2,1-3H3/t17-,18-/m0/s1. The Morgan fingerprint density at radius 3 is 2.54 bits per heavy atom. The maximum absolute atomic E-state index is 12.8. The number of benzene rings is 1. The molecule has 0 bridgehead atoms. The fourth-order valence-corrected chi connectivity index (χ4v) is 3.25. The van der Waals surface area contributed by atoms with Crippen molar-refractivity contribution in [1.29, 1.82) is 0 Å². The summed E-state index contributed by atoms with van der Waals surface area (Å²) in [5, 5.41) is 9.12. The number of carbonyl (C=O) groups is 2. The van der Waals surface area contributed by atoms with Crippen LogP contribution in [0.4, 0.5) is 0 Å². The third kappa shape index (κ3) is 5.70. The molecule has 1 aliphatic heterocycles. The van der Waals surface area contributed by atoms with Gasteiger partial charge in [-0.25, -0.2) is 4.79 Å². The molecule has 26 heavy (non-hydrogen) atoms. The second kappa shape index (κ2) is 8.99. The third-order valence-electron chi connectivity index (χ3n) is 4.35. The van der Waals surface area contributed by atoms with Crippen molar-refractivity contribution in [3.8, 4) is 0 Å². The first-order chi connectivity index (χ1) is 12.3.